The number of anilines is 2. The van der Waals surface area contributed by atoms with E-state index < -0.39 is 0 Å². The number of nitrogens with one attached hydrogen (secondary N) is 1. The number of nitrogens with zero attached hydrogens (tertiary/aromatic N) is 4. The number of hydrogen-bond acceptors (Lipinski definition) is 7. The number of ether oxygens (including phenoxy) is 1. The summed E-state index contributed by atoms with van der Waals surface area (Å²) in [6.45, 7) is 7.79. The van der Waals surface area contributed by atoms with Gasteiger partial charge < -0.3 is 20.1 Å². The van der Waals surface area contributed by atoms with Crippen LogP contribution in [0.25, 0.3) is 0 Å². The van der Waals surface area contributed by atoms with Gasteiger partial charge in [-0.05, 0) is 19.8 Å². The van der Waals surface area contributed by atoms with Crippen molar-refractivity contribution in [3.8, 4) is 0 Å². The predicted octanol–water partition coefficient (Wildman–Crippen LogP) is 0.570. The van der Waals surface area contributed by atoms with E-state index in [2.05, 4.69) is 32.0 Å². The van der Waals surface area contributed by atoms with Crippen LogP contribution in [0.15, 0.2) is 12.4 Å². The summed E-state index contributed by atoms with van der Waals surface area (Å²) in [7, 11) is 0. The Hall–Kier alpha value is -1.44. The highest BCUT2D eigenvalue weighted by Gasteiger charge is 2.25. The minimum Gasteiger partial charge on any atom is -0.394 e. The van der Waals surface area contributed by atoms with Crippen molar-refractivity contribution in [2.45, 2.75) is 31.8 Å². The molecule has 0 spiro atoms. The highest BCUT2D eigenvalue weighted by atomic mass is 16.5. The Bertz CT molecular complexity index is 501. The second-order valence-electron chi connectivity index (χ2n) is 6.32. The molecular weight excluding hydrogens is 294 g/mol. The Morgan fingerprint density at radius 1 is 1.39 bits per heavy atom. The highest BCUT2D eigenvalue weighted by molar-refractivity contribution is 5.49. The van der Waals surface area contributed by atoms with Crippen LogP contribution in [0.5, 0.6) is 0 Å². The molecule has 2 aliphatic heterocycles. The number of hydrogen-bond donors (Lipinski definition) is 2. The van der Waals surface area contributed by atoms with Crippen LogP contribution in [0, 0.1) is 0 Å². The zero-order valence-electron chi connectivity index (χ0n) is 13.8. The molecule has 2 aliphatic rings. The molecule has 0 unspecified atom stereocenters. The summed E-state index contributed by atoms with van der Waals surface area (Å²) in [5, 5.41) is 12.8. The molecule has 2 saturated heterocycles. The fourth-order valence-corrected chi connectivity index (χ4v) is 3.35. The first-order valence-corrected chi connectivity index (χ1v) is 8.53. The topological polar surface area (TPSA) is 73.8 Å². The lowest BCUT2D eigenvalue weighted by molar-refractivity contribution is 0.00181. The molecule has 0 aliphatic carbocycles. The van der Waals surface area contributed by atoms with Gasteiger partial charge in [-0.15, -0.1) is 0 Å². The van der Waals surface area contributed by atoms with Crippen LogP contribution in [0.1, 0.15) is 19.8 Å². The van der Waals surface area contributed by atoms with Gasteiger partial charge in [0.1, 0.15) is 18.0 Å². The van der Waals surface area contributed by atoms with E-state index in [0.29, 0.717) is 6.04 Å². The van der Waals surface area contributed by atoms with Crippen molar-refractivity contribution in [1.29, 1.82) is 0 Å². The fourth-order valence-electron chi connectivity index (χ4n) is 3.35. The van der Waals surface area contributed by atoms with E-state index in [1.54, 1.807) is 6.33 Å². The number of aliphatic hydroxyl groups excluding tert-OH is 1. The van der Waals surface area contributed by atoms with Gasteiger partial charge in [0, 0.05) is 38.3 Å². The maximum Gasteiger partial charge on any atom is 0.134 e. The summed E-state index contributed by atoms with van der Waals surface area (Å²) in [5.41, 5.74) is 0. The lowest BCUT2D eigenvalue weighted by Gasteiger charge is -2.33. The fraction of sp³-hybridized carbons (Fsp3) is 0.750. The molecule has 0 bridgehead atoms. The van der Waals surface area contributed by atoms with Gasteiger partial charge in [-0.1, -0.05) is 0 Å². The van der Waals surface area contributed by atoms with Gasteiger partial charge in [0.15, 0.2) is 0 Å². The first kappa shape index (κ1) is 16.4. The molecule has 128 valence electrons. The molecule has 0 aromatic carbocycles. The van der Waals surface area contributed by atoms with E-state index in [-0.39, 0.29) is 12.6 Å². The smallest absolute Gasteiger partial charge is 0.134 e. The average molecular weight is 321 g/mol. The van der Waals surface area contributed by atoms with E-state index in [9.17, 15) is 5.11 Å². The normalized spacial score (nSPS) is 25.7. The summed E-state index contributed by atoms with van der Waals surface area (Å²) >= 11 is 0. The van der Waals surface area contributed by atoms with Crippen molar-refractivity contribution >= 4 is 11.6 Å². The second kappa shape index (κ2) is 7.90. The van der Waals surface area contributed by atoms with Crippen molar-refractivity contribution in [1.82, 2.24) is 14.9 Å². The summed E-state index contributed by atoms with van der Waals surface area (Å²) in [4.78, 5) is 13.3. The molecule has 0 amide bonds. The van der Waals surface area contributed by atoms with Crippen LogP contribution < -0.4 is 10.2 Å². The molecule has 7 nitrogen and oxygen atoms in total. The number of aliphatic hydroxyl groups is 1. The third-order valence-corrected chi connectivity index (χ3v) is 4.75. The summed E-state index contributed by atoms with van der Waals surface area (Å²) in [5.74, 6) is 1.75. The SMILES string of the molecule is C[C@H]1COCCN1CCNc1cc(N2CCC[C@H]2CO)ncn1. The largest absolute Gasteiger partial charge is 0.394 e. The molecular formula is C16H27N5O2. The van der Waals surface area contributed by atoms with Crippen molar-refractivity contribution in [2.75, 3.05) is 56.2 Å². The van der Waals surface area contributed by atoms with Crippen molar-refractivity contribution in [2.24, 2.45) is 0 Å². The number of rotatable bonds is 6. The van der Waals surface area contributed by atoms with Crippen LogP contribution in [-0.4, -0.2) is 78.1 Å². The van der Waals surface area contributed by atoms with Gasteiger partial charge in [-0.25, -0.2) is 9.97 Å². The predicted molar refractivity (Wildman–Crippen MR) is 89.8 cm³/mol. The Labute approximate surface area is 137 Å². The third-order valence-electron chi connectivity index (χ3n) is 4.75. The molecule has 1 aromatic rings. The molecule has 0 radical (unpaired) electrons. The van der Waals surface area contributed by atoms with Crippen LogP contribution in [0.4, 0.5) is 11.6 Å². The minimum absolute atomic E-state index is 0.182. The maximum absolute atomic E-state index is 9.46. The molecule has 7 heteroatoms. The Kier molecular flexibility index (Phi) is 5.64. The van der Waals surface area contributed by atoms with E-state index >= 15 is 0 Å². The summed E-state index contributed by atoms with van der Waals surface area (Å²) in [6, 6.07) is 2.64. The van der Waals surface area contributed by atoms with Crippen molar-refractivity contribution in [3.63, 3.8) is 0 Å². The molecule has 3 rings (SSSR count). The lowest BCUT2D eigenvalue weighted by Crippen LogP contribution is -2.45. The van der Waals surface area contributed by atoms with Crippen LogP contribution in [0.2, 0.25) is 0 Å². The van der Waals surface area contributed by atoms with Crippen LogP contribution in [-0.2, 0) is 4.74 Å². The van der Waals surface area contributed by atoms with Crippen LogP contribution >= 0.6 is 0 Å². The third kappa shape index (κ3) is 4.10. The monoisotopic (exact) mass is 321 g/mol. The van der Waals surface area contributed by atoms with E-state index in [1.807, 2.05) is 6.07 Å². The van der Waals surface area contributed by atoms with Crippen LogP contribution in [0.3, 0.4) is 0 Å². The van der Waals surface area contributed by atoms with Gasteiger partial charge in [-0.2, -0.15) is 0 Å². The summed E-state index contributed by atoms with van der Waals surface area (Å²) in [6.07, 6.45) is 3.73. The van der Waals surface area contributed by atoms with Gasteiger partial charge in [0.25, 0.3) is 0 Å². The van der Waals surface area contributed by atoms with Gasteiger partial charge in [-0.3, -0.25) is 4.90 Å². The standard InChI is InChI=1S/C16H27N5O2/c1-13-11-23-8-7-20(13)6-4-17-15-9-16(19-12-18-15)21-5-2-3-14(21)10-22/h9,12-14,22H,2-8,10-11H2,1H3,(H,17,18,19)/t13-,14-/m0/s1. The quantitative estimate of drug-likeness (QED) is 0.793. The zero-order chi connectivity index (χ0) is 16.1. The molecule has 3 heterocycles. The molecule has 2 fully saturated rings. The average Bonchev–Trinajstić information content (AvgIpc) is 3.06. The Balaban J connectivity index is 1.53. The number of aromatic nitrogens is 2. The maximum atomic E-state index is 9.46. The van der Waals surface area contributed by atoms with E-state index in [0.717, 1.165) is 63.9 Å². The van der Waals surface area contributed by atoms with Crippen molar-refractivity contribution in [3.05, 3.63) is 12.4 Å². The Morgan fingerprint density at radius 3 is 3.13 bits per heavy atom. The lowest BCUT2D eigenvalue weighted by atomic mass is 10.2. The Morgan fingerprint density at radius 2 is 2.30 bits per heavy atom. The summed E-state index contributed by atoms with van der Waals surface area (Å²) < 4.78 is 5.46. The molecule has 2 atom stereocenters. The first-order valence-electron chi connectivity index (χ1n) is 8.53. The molecule has 2 N–H and O–H groups in total. The highest BCUT2D eigenvalue weighted by Crippen LogP contribution is 2.24. The van der Waals surface area contributed by atoms with Gasteiger partial charge >= 0.3 is 0 Å². The van der Waals surface area contributed by atoms with E-state index in [4.69, 9.17) is 4.74 Å². The molecule has 1 aromatic heterocycles. The zero-order valence-corrected chi connectivity index (χ0v) is 13.8. The molecule has 0 saturated carbocycles. The number of morpholine rings is 1. The van der Waals surface area contributed by atoms with E-state index in [1.165, 1.54) is 0 Å². The van der Waals surface area contributed by atoms with Crippen molar-refractivity contribution < 1.29 is 9.84 Å². The first-order chi connectivity index (χ1) is 11.3. The molecule has 23 heavy (non-hydrogen) atoms. The van der Waals surface area contributed by atoms with Gasteiger partial charge in [0.05, 0.1) is 25.9 Å². The minimum atomic E-state index is 0.182. The van der Waals surface area contributed by atoms with Gasteiger partial charge in [0.2, 0.25) is 0 Å². The second-order valence-corrected chi connectivity index (χ2v) is 6.32.